The van der Waals surface area contributed by atoms with Crippen molar-refractivity contribution in [1.82, 2.24) is 15.0 Å². The Morgan fingerprint density at radius 2 is 1.78 bits per heavy atom. The van der Waals surface area contributed by atoms with Crippen LogP contribution in [0.15, 0.2) is 41.1 Å². The van der Waals surface area contributed by atoms with Crippen molar-refractivity contribution < 1.29 is 9.15 Å². The van der Waals surface area contributed by atoms with Crippen molar-refractivity contribution in [2.24, 2.45) is 0 Å². The molecule has 0 saturated carbocycles. The number of benzene rings is 1. The Balaban J connectivity index is 1.48. The number of anilines is 2. The fourth-order valence-corrected chi connectivity index (χ4v) is 2.71. The van der Waals surface area contributed by atoms with Gasteiger partial charge < -0.3 is 19.0 Å². The van der Waals surface area contributed by atoms with E-state index in [4.69, 9.17) is 9.15 Å². The molecule has 0 aliphatic carbocycles. The third-order valence-electron chi connectivity index (χ3n) is 3.97. The first kappa shape index (κ1) is 13.8. The molecule has 23 heavy (non-hydrogen) atoms. The zero-order valence-corrected chi connectivity index (χ0v) is 12.8. The van der Waals surface area contributed by atoms with Gasteiger partial charge in [-0.15, -0.1) is 0 Å². The highest BCUT2D eigenvalue weighted by atomic mass is 16.5. The van der Waals surface area contributed by atoms with E-state index in [1.807, 2.05) is 24.3 Å². The average molecular weight is 311 g/mol. The quantitative estimate of drug-likeness (QED) is 0.732. The molecule has 1 saturated heterocycles. The van der Waals surface area contributed by atoms with E-state index < -0.39 is 0 Å². The first-order valence-electron chi connectivity index (χ1n) is 7.55. The Morgan fingerprint density at radius 3 is 2.57 bits per heavy atom. The summed E-state index contributed by atoms with van der Waals surface area (Å²) in [6.45, 7) is 3.32. The predicted molar refractivity (Wildman–Crippen MR) is 87.0 cm³/mol. The number of fused-ring (bicyclic) bond motifs is 1. The van der Waals surface area contributed by atoms with Crippen LogP contribution in [-0.2, 0) is 0 Å². The van der Waals surface area contributed by atoms with E-state index in [0.717, 1.165) is 43.1 Å². The molecule has 0 amide bonds. The summed E-state index contributed by atoms with van der Waals surface area (Å²) in [6.07, 6.45) is 3.37. The minimum Gasteiger partial charge on any atom is -0.480 e. The second-order valence-corrected chi connectivity index (χ2v) is 5.36. The average Bonchev–Trinajstić information content (AvgIpc) is 3.06. The van der Waals surface area contributed by atoms with E-state index in [-0.39, 0.29) is 0 Å². The highest BCUT2D eigenvalue weighted by Gasteiger charge is 2.22. The van der Waals surface area contributed by atoms with E-state index >= 15 is 0 Å². The lowest BCUT2D eigenvalue weighted by molar-refractivity contribution is 0.395. The Hall–Kier alpha value is -2.83. The topological polar surface area (TPSA) is 67.5 Å². The molecule has 1 fully saturated rings. The minimum atomic E-state index is 0.531. The summed E-state index contributed by atoms with van der Waals surface area (Å²) in [4.78, 5) is 17.5. The van der Waals surface area contributed by atoms with Gasteiger partial charge in [-0.25, -0.2) is 0 Å². The van der Waals surface area contributed by atoms with Gasteiger partial charge in [0.25, 0.3) is 6.01 Å². The Bertz CT molecular complexity index is 778. The van der Waals surface area contributed by atoms with Crippen molar-refractivity contribution in [2.75, 3.05) is 43.1 Å². The van der Waals surface area contributed by atoms with Gasteiger partial charge in [-0.1, -0.05) is 12.1 Å². The SMILES string of the molecule is COc1cncc(N2CCN(c3nc4ccccc4o3)CC2)n1. The fraction of sp³-hybridized carbons (Fsp3) is 0.312. The lowest BCUT2D eigenvalue weighted by Crippen LogP contribution is -2.47. The maximum atomic E-state index is 5.83. The molecular formula is C16H17N5O2. The number of hydrogen-bond donors (Lipinski definition) is 0. The summed E-state index contributed by atoms with van der Waals surface area (Å²) >= 11 is 0. The number of rotatable bonds is 3. The Morgan fingerprint density at radius 1 is 1.00 bits per heavy atom. The van der Waals surface area contributed by atoms with Gasteiger partial charge in [0, 0.05) is 26.2 Å². The van der Waals surface area contributed by atoms with Gasteiger partial charge in [0.15, 0.2) is 11.4 Å². The van der Waals surface area contributed by atoms with Crippen LogP contribution in [0.25, 0.3) is 11.1 Å². The molecule has 4 rings (SSSR count). The molecule has 118 valence electrons. The molecule has 0 N–H and O–H groups in total. The van der Waals surface area contributed by atoms with Crippen LogP contribution in [-0.4, -0.2) is 48.2 Å². The van der Waals surface area contributed by atoms with Gasteiger partial charge in [0.1, 0.15) is 5.52 Å². The van der Waals surface area contributed by atoms with E-state index in [2.05, 4.69) is 24.8 Å². The highest BCUT2D eigenvalue weighted by Crippen LogP contribution is 2.23. The third-order valence-corrected chi connectivity index (χ3v) is 3.97. The van der Waals surface area contributed by atoms with Crippen molar-refractivity contribution >= 4 is 22.9 Å². The highest BCUT2D eigenvalue weighted by molar-refractivity contribution is 5.74. The molecule has 3 aromatic rings. The molecule has 7 nitrogen and oxygen atoms in total. The molecule has 1 aromatic carbocycles. The largest absolute Gasteiger partial charge is 0.480 e. The van der Waals surface area contributed by atoms with E-state index in [9.17, 15) is 0 Å². The summed E-state index contributed by atoms with van der Waals surface area (Å²) in [5.74, 6) is 1.37. The molecule has 0 spiro atoms. The molecule has 2 aromatic heterocycles. The molecule has 7 heteroatoms. The van der Waals surface area contributed by atoms with Crippen LogP contribution in [0.3, 0.4) is 0 Å². The van der Waals surface area contributed by atoms with E-state index in [0.29, 0.717) is 11.9 Å². The molecular weight excluding hydrogens is 294 g/mol. The molecule has 1 aliphatic rings. The standard InChI is InChI=1S/C16H17N5O2/c1-22-15-11-17-10-14(19-15)20-6-8-21(9-7-20)16-18-12-4-2-3-5-13(12)23-16/h2-5,10-11H,6-9H2,1H3. The normalized spacial score (nSPS) is 15.2. The molecule has 0 radical (unpaired) electrons. The van der Waals surface area contributed by atoms with Gasteiger partial charge in [-0.3, -0.25) is 4.98 Å². The van der Waals surface area contributed by atoms with Crippen molar-refractivity contribution in [3.8, 4) is 5.88 Å². The van der Waals surface area contributed by atoms with Gasteiger partial charge in [-0.2, -0.15) is 9.97 Å². The second kappa shape index (κ2) is 5.75. The van der Waals surface area contributed by atoms with Crippen LogP contribution >= 0.6 is 0 Å². The number of oxazole rings is 1. The van der Waals surface area contributed by atoms with E-state index in [1.165, 1.54) is 0 Å². The van der Waals surface area contributed by atoms with Crippen molar-refractivity contribution in [3.63, 3.8) is 0 Å². The summed E-state index contributed by atoms with van der Waals surface area (Å²) in [5.41, 5.74) is 1.71. The van der Waals surface area contributed by atoms with Gasteiger partial charge in [0.05, 0.1) is 19.5 Å². The molecule has 0 atom stereocenters. The molecule has 1 aliphatic heterocycles. The van der Waals surface area contributed by atoms with Crippen LogP contribution < -0.4 is 14.5 Å². The third kappa shape index (κ3) is 2.65. The summed E-state index contributed by atoms with van der Waals surface area (Å²) in [6, 6.07) is 8.51. The summed E-state index contributed by atoms with van der Waals surface area (Å²) < 4.78 is 11.0. The zero-order valence-electron chi connectivity index (χ0n) is 12.8. The van der Waals surface area contributed by atoms with Crippen LogP contribution in [0.5, 0.6) is 5.88 Å². The van der Waals surface area contributed by atoms with Crippen LogP contribution in [0, 0.1) is 0 Å². The number of nitrogens with zero attached hydrogens (tertiary/aromatic N) is 5. The second-order valence-electron chi connectivity index (χ2n) is 5.36. The minimum absolute atomic E-state index is 0.531. The Labute approximate surface area is 133 Å². The number of aromatic nitrogens is 3. The maximum Gasteiger partial charge on any atom is 0.298 e. The number of para-hydroxylation sites is 2. The van der Waals surface area contributed by atoms with Gasteiger partial charge in [-0.05, 0) is 12.1 Å². The molecule has 0 unspecified atom stereocenters. The lowest BCUT2D eigenvalue weighted by Gasteiger charge is -2.34. The Kier molecular flexibility index (Phi) is 3.45. The monoisotopic (exact) mass is 311 g/mol. The van der Waals surface area contributed by atoms with Crippen molar-refractivity contribution in [1.29, 1.82) is 0 Å². The van der Waals surface area contributed by atoms with Gasteiger partial charge in [0.2, 0.25) is 5.88 Å². The lowest BCUT2D eigenvalue weighted by atomic mass is 10.3. The number of methoxy groups -OCH3 is 1. The molecule has 0 bridgehead atoms. The number of piperazine rings is 1. The van der Waals surface area contributed by atoms with Gasteiger partial charge >= 0.3 is 0 Å². The zero-order chi connectivity index (χ0) is 15.6. The summed E-state index contributed by atoms with van der Waals surface area (Å²) in [5, 5.41) is 0. The van der Waals surface area contributed by atoms with E-state index in [1.54, 1.807) is 19.5 Å². The first-order chi connectivity index (χ1) is 11.3. The van der Waals surface area contributed by atoms with Crippen molar-refractivity contribution in [3.05, 3.63) is 36.7 Å². The van der Waals surface area contributed by atoms with Crippen molar-refractivity contribution in [2.45, 2.75) is 0 Å². The van der Waals surface area contributed by atoms with Crippen LogP contribution in [0.2, 0.25) is 0 Å². The maximum absolute atomic E-state index is 5.83. The van der Waals surface area contributed by atoms with Crippen LogP contribution in [0.1, 0.15) is 0 Å². The molecule has 3 heterocycles. The summed E-state index contributed by atoms with van der Waals surface area (Å²) in [7, 11) is 1.60. The smallest absolute Gasteiger partial charge is 0.298 e. The fourth-order valence-electron chi connectivity index (χ4n) is 2.71. The first-order valence-corrected chi connectivity index (χ1v) is 7.55. The number of ether oxygens (including phenoxy) is 1. The number of hydrogen-bond acceptors (Lipinski definition) is 7. The predicted octanol–water partition coefficient (Wildman–Crippen LogP) is 1.95. The van der Waals surface area contributed by atoms with Crippen LogP contribution in [0.4, 0.5) is 11.8 Å².